The molecule has 0 unspecified atom stereocenters. The third kappa shape index (κ3) is 6.66. The number of halogens is 3. The first-order chi connectivity index (χ1) is 17.3. The molecule has 4 N–H and O–H groups in total. The molecule has 1 aromatic carbocycles. The highest BCUT2D eigenvalue weighted by Crippen LogP contribution is 2.33. The number of thiazole rings is 1. The Morgan fingerprint density at radius 2 is 2.03 bits per heavy atom. The first kappa shape index (κ1) is 25.3. The molecule has 8 nitrogen and oxygen atoms in total. The van der Waals surface area contributed by atoms with Crippen LogP contribution in [0.2, 0.25) is 0 Å². The number of rotatable bonds is 6. The van der Waals surface area contributed by atoms with E-state index in [2.05, 4.69) is 37.4 Å². The molecule has 4 rings (SSSR count). The molecule has 3 aromatic rings. The Hall–Kier alpha value is -3.79. The van der Waals surface area contributed by atoms with Crippen molar-refractivity contribution in [3.8, 4) is 11.8 Å². The number of carbonyl (C=O) groups is 1. The third-order valence-corrected chi connectivity index (χ3v) is 6.10. The zero-order valence-electron chi connectivity index (χ0n) is 18.9. The number of alkyl halides is 3. The number of allylic oxidation sites excluding steroid dienone is 1. The Balaban J connectivity index is 1.45. The molecule has 1 fully saturated rings. The van der Waals surface area contributed by atoms with Crippen molar-refractivity contribution in [1.82, 2.24) is 25.2 Å². The van der Waals surface area contributed by atoms with Crippen LogP contribution in [0.1, 0.15) is 37.9 Å². The average molecular weight is 514 g/mol. The second kappa shape index (κ2) is 11.3. The van der Waals surface area contributed by atoms with Crippen molar-refractivity contribution < 1.29 is 18.0 Å². The fraction of sp³-hybridized carbons (Fsp3) is 0.250. The van der Waals surface area contributed by atoms with Gasteiger partial charge >= 0.3 is 6.18 Å². The van der Waals surface area contributed by atoms with Gasteiger partial charge in [0.05, 0.1) is 22.8 Å². The second-order valence-electron chi connectivity index (χ2n) is 7.84. The van der Waals surface area contributed by atoms with Gasteiger partial charge in [-0.05, 0) is 41.7 Å². The van der Waals surface area contributed by atoms with Crippen molar-refractivity contribution in [2.75, 3.05) is 31.5 Å². The van der Waals surface area contributed by atoms with Crippen LogP contribution < -0.4 is 10.6 Å². The number of nitrogens with one attached hydrogen (secondary N) is 4. The van der Waals surface area contributed by atoms with E-state index in [0.717, 1.165) is 36.7 Å². The van der Waals surface area contributed by atoms with Gasteiger partial charge in [0.2, 0.25) is 0 Å². The number of imidazole rings is 1. The van der Waals surface area contributed by atoms with Gasteiger partial charge in [-0.15, -0.1) is 0 Å². The summed E-state index contributed by atoms with van der Waals surface area (Å²) in [6, 6.07) is 3.66. The van der Waals surface area contributed by atoms with Crippen molar-refractivity contribution in [3.05, 3.63) is 69.8 Å². The molecule has 0 aliphatic carbocycles. The van der Waals surface area contributed by atoms with E-state index in [-0.39, 0.29) is 22.8 Å². The van der Waals surface area contributed by atoms with Crippen molar-refractivity contribution in [2.24, 2.45) is 0 Å². The van der Waals surface area contributed by atoms with Gasteiger partial charge in [-0.2, -0.15) is 13.2 Å². The molecule has 0 spiro atoms. The number of anilines is 1. The van der Waals surface area contributed by atoms with Crippen LogP contribution in [0.25, 0.3) is 6.08 Å². The topological polar surface area (TPSA) is 110 Å². The maximum absolute atomic E-state index is 13.8. The van der Waals surface area contributed by atoms with E-state index in [1.807, 2.05) is 4.90 Å². The Kier molecular flexibility index (Phi) is 7.94. The smallest absolute Gasteiger partial charge is 0.332 e. The zero-order chi connectivity index (χ0) is 25.5. The Bertz CT molecular complexity index is 1330. The number of hydrogen-bond donors (Lipinski definition) is 4. The minimum atomic E-state index is -4.58. The third-order valence-electron chi connectivity index (χ3n) is 5.27. The lowest BCUT2D eigenvalue weighted by molar-refractivity contribution is -0.138. The average Bonchev–Trinajstić information content (AvgIpc) is 3.51. The van der Waals surface area contributed by atoms with Gasteiger partial charge in [-0.25, -0.2) is 9.97 Å². The van der Waals surface area contributed by atoms with E-state index in [1.165, 1.54) is 24.4 Å². The van der Waals surface area contributed by atoms with Crippen LogP contribution in [-0.4, -0.2) is 58.2 Å². The Labute approximate surface area is 209 Å². The Morgan fingerprint density at radius 1 is 1.22 bits per heavy atom. The molecule has 12 heteroatoms. The molecule has 2 aromatic heterocycles. The summed E-state index contributed by atoms with van der Waals surface area (Å²) in [7, 11) is 0. The van der Waals surface area contributed by atoms with E-state index in [1.54, 1.807) is 12.3 Å². The molecule has 0 radical (unpaired) electrons. The molecule has 1 aliphatic heterocycles. The van der Waals surface area contributed by atoms with Gasteiger partial charge in [0.25, 0.3) is 5.91 Å². The summed E-state index contributed by atoms with van der Waals surface area (Å²) in [5.74, 6) is 5.65. The number of aromatic amines is 1. The predicted molar refractivity (Wildman–Crippen MR) is 132 cm³/mol. The number of nitrogens with zero attached hydrogens (tertiary/aromatic N) is 3. The fourth-order valence-corrected chi connectivity index (χ4v) is 4.21. The van der Waals surface area contributed by atoms with Gasteiger partial charge in [0, 0.05) is 44.5 Å². The number of carbonyl (C=O) groups excluding carboxylic acids is 1. The highest BCUT2D eigenvalue weighted by Gasteiger charge is 2.34. The van der Waals surface area contributed by atoms with Crippen molar-refractivity contribution >= 4 is 34.7 Å². The molecule has 186 valence electrons. The van der Waals surface area contributed by atoms with Crippen molar-refractivity contribution in [3.63, 3.8) is 0 Å². The standard InChI is InChI=1S/C24H22F3N7OS/c25-24(26,27)20-12-16(3-4-17(20)15-34-10-8-29-9-11-34)22(35)33-23-31-14-19(36-23)6-5-18-13-30-21(32-18)2-1-7-28/h1-4,7,12-14,28-29H,8-11,15H2,(H,30,32)(H,31,33,35)/b2-1-,28-7?. The minimum Gasteiger partial charge on any atom is -0.332 e. The largest absolute Gasteiger partial charge is 0.416 e. The quantitative estimate of drug-likeness (QED) is 0.298. The summed E-state index contributed by atoms with van der Waals surface area (Å²) in [6.07, 6.45) is 2.71. The van der Waals surface area contributed by atoms with Crippen LogP contribution in [-0.2, 0) is 12.7 Å². The summed E-state index contributed by atoms with van der Waals surface area (Å²) in [4.78, 5) is 26.3. The monoisotopic (exact) mass is 513 g/mol. The highest BCUT2D eigenvalue weighted by molar-refractivity contribution is 7.16. The van der Waals surface area contributed by atoms with E-state index in [4.69, 9.17) is 5.41 Å². The highest BCUT2D eigenvalue weighted by atomic mass is 32.1. The number of piperazine rings is 1. The van der Waals surface area contributed by atoms with Crippen LogP contribution in [0.15, 0.2) is 36.7 Å². The second-order valence-corrected chi connectivity index (χ2v) is 8.87. The van der Waals surface area contributed by atoms with Crippen molar-refractivity contribution in [1.29, 1.82) is 5.41 Å². The maximum atomic E-state index is 13.8. The van der Waals surface area contributed by atoms with Gasteiger partial charge in [0.15, 0.2) is 5.13 Å². The molecule has 0 atom stereocenters. The van der Waals surface area contributed by atoms with Crippen LogP contribution in [0.5, 0.6) is 0 Å². The number of benzene rings is 1. The van der Waals surface area contributed by atoms with Crippen LogP contribution in [0.4, 0.5) is 18.3 Å². The van der Waals surface area contributed by atoms with E-state index < -0.39 is 17.6 Å². The van der Waals surface area contributed by atoms with E-state index >= 15 is 0 Å². The van der Waals surface area contributed by atoms with Gasteiger partial charge in [-0.1, -0.05) is 17.4 Å². The lowest BCUT2D eigenvalue weighted by Gasteiger charge is -2.28. The number of H-pyrrole nitrogens is 1. The van der Waals surface area contributed by atoms with Gasteiger partial charge in [0.1, 0.15) is 11.5 Å². The molecule has 3 heterocycles. The molecule has 1 aliphatic rings. The van der Waals surface area contributed by atoms with E-state index in [0.29, 0.717) is 29.5 Å². The SMILES string of the molecule is N=C/C=C\c1ncc(C#Cc2cnc(NC(=O)c3ccc(CN4CCNCC4)c(C(F)(F)F)c3)s2)[nH]1. The molecular formula is C24H22F3N7OS. The maximum Gasteiger partial charge on any atom is 0.416 e. The summed E-state index contributed by atoms with van der Waals surface area (Å²) < 4.78 is 41.3. The summed E-state index contributed by atoms with van der Waals surface area (Å²) in [5, 5.41) is 12.9. The molecule has 0 saturated carbocycles. The summed E-state index contributed by atoms with van der Waals surface area (Å²) >= 11 is 1.10. The van der Waals surface area contributed by atoms with Crippen LogP contribution >= 0.6 is 11.3 Å². The number of aromatic nitrogens is 3. The first-order valence-corrected chi connectivity index (χ1v) is 11.8. The normalized spacial score (nSPS) is 14.4. The predicted octanol–water partition coefficient (Wildman–Crippen LogP) is 3.61. The lowest BCUT2D eigenvalue weighted by Crippen LogP contribution is -2.43. The van der Waals surface area contributed by atoms with Gasteiger partial charge in [-0.3, -0.25) is 15.0 Å². The van der Waals surface area contributed by atoms with Crippen LogP contribution in [0.3, 0.4) is 0 Å². The van der Waals surface area contributed by atoms with Crippen LogP contribution in [0, 0.1) is 17.3 Å². The molecule has 1 amide bonds. The fourth-order valence-electron chi connectivity index (χ4n) is 3.54. The lowest BCUT2D eigenvalue weighted by atomic mass is 10.0. The van der Waals surface area contributed by atoms with Crippen molar-refractivity contribution in [2.45, 2.75) is 12.7 Å². The number of hydrogen-bond acceptors (Lipinski definition) is 7. The number of amides is 1. The van der Waals surface area contributed by atoms with E-state index in [9.17, 15) is 18.0 Å². The Morgan fingerprint density at radius 3 is 2.78 bits per heavy atom. The molecule has 36 heavy (non-hydrogen) atoms. The molecule has 1 saturated heterocycles. The summed E-state index contributed by atoms with van der Waals surface area (Å²) in [6.45, 7) is 2.96. The molecule has 0 bridgehead atoms. The molecular weight excluding hydrogens is 491 g/mol. The minimum absolute atomic E-state index is 0.0998. The van der Waals surface area contributed by atoms with Gasteiger partial charge < -0.3 is 15.7 Å². The summed E-state index contributed by atoms with van der Waals surface area (Å²) in [5.41, 5.74) is -0.215. The first-order valence-electron chi connectivity index (χ1n) is 11.0. The zero-order valence-corrected chi connectivity index (χ0v) is 19.8.